The van der Waals surface area contributed by atoms with E-state index < -0.39 is 0 Å². The summed E-state index contributed by atoms with van der Waals surface area (Å²) in [5.74, 6) is 0.583. The highest BCUT2D eigenvalue weighted by molar-refractivity contribution is 5.92. The van der Waals surface area contributed by atoms with Gasteiger partial charge in [-0.05, 0) is 18.6 Å². The second-order valence-electron chi connectivity index (χ2n) is 6.32. The second kappa shape index (κ2) is 8.89. The van der Waals surface area contributed by atoms with Crippen LogP contribution in [-0.2, 0) is 9.53 Å². The second-order valence-corrected chi connectivity index (χ2v) is 6.32. The number of carbonyl (C=O) groups excluding carboxylic acids is 1. The quantitative estimate of drug-likeness (QED) is 0.572. The van der Waals surface area contributed by atoms with Crippen LogP contribution in [0.3, 0.4) is 0 Å². The Morgan fingerprint density at radius 2 is 2.25 bits per heavy atom. The van der Waals surface area contributed by atoms with Gasteiger partial charge in [-0.25, -0.2) is 4.98 Å². The molecule has 1 fully saturated rings. The normalized spacial score (nSPS) is 15.7. The topological polar surface area (TPSA) is 116 Å². The molecule has 1 aliphatic rings. The fourth-order valence-electron chi connectivity index (χ4n) is 2.96. The Morgan fingerprint density at radius 3 is 2.96 bits per heavy atom. The highest BCUT2D eigenvalue weighted by Gasteiger charge is 2.28. The molecule has 3 rings (SSSR count). The minimum Gasteiger partial charge on any atom is -0.491 e. The van der Waals surface area contributed by atoms with Crippen LogP contribution in [0, 0.1) is 28.7 Å². The van der Waals surface area contributed by atoms with Gasteiger partial charge >= 0.3 is 0 Å². The van der Waals surface area contributed by atoms with Crippen molar-refractivity contribution in [3.63, 3.8) is 0 Å². The van der Waals surface area contributed by atoms with Crippen LogP contribution >= 0.6 is 0 Å². The van der Waals surface area contributed by atoms with E-state index in [1.807, 2.05) is 0 Å². The minimum absolute atomic E-state index is 0.167. The number of methoxy groups -OCH3 is 1. The summed E-state index contributed by atoms with van der Waals surface area (Å²) in [7, 11) is 1.60. The van der Waals surface area contributed by atoms with E-state index in [-0.39, 0.29) is 11.8 Å². The van der Waals surface area contributed by atoms with Gasteiger partial charge in [-0.15, -0.1) is 0 Å². The summed E-state index contributed by atoms with van der Waals surface area (Å²) >= 11 is 0. The molecule has 2 aromatic rings. The molecule has 1 aliphatic heterocycles. The molecule has 9 heteroatoms. The zero-order valence-corrected chi connectivity index (χ0v) is 15.5. The maximum absolute atomic E-state index is 12.4. The van der Waals surface area contributed by atoms with Gasteiger partial charge in [-0.3, -0.25) is 4.79 Å². The Balaban J connectivity index is 1.72. The Morgan fingerprint density at radius 1 is 1.39 bits per heavy atom. The van der Waals surface area contributed by atoms with Crippen molar-refractivity contribution in [2.75, 3.05) is 38.7 Å². The molecule has 144 valence electrons. The van der Waals surface area contributed by atoms with Gasteiger partial charge in [0.15, 0.2) is 12.0 Å². The monoisotopic (exact) mass is 380 g/mol. The van der Waals surface area contributed by atoms with Crippen LogP contribution in [0.1, 0.15) is 12.0 Å². The van der Waals surface area contributed by atoms with Crippen LogP contribution in [0.25, 0.3) is 5.69 Å². The van der Waals surface area contributed by atoms with Crippen molar-refractivity contribution in [2.24, 2.45) is 5.92 Å². The molecule has 0 saturated carbocycles. The van der Waals surface area contributed by atoms with Crippen molar-refractivity contribution in [1.29, 1.82) is 10.5 Å². The number of nitriles is 2. The number of likely N-dealkylation sites (tertiary alicyclic amines) is 1. The highest BCUT2D eigenvalue weighted by atomic mass is 16.5. The number of ether oxygens (including phenoxy) is 2. The molecular formula is C19H20N6O3. The van der Waals surface area contributed by atoms with E-state index >= 15 is 0 Å². The molecule has 0 radical (unpaired) electrons. The zero-order chi connectivity index (χ0) is 19.9. The van der Waals surface area contributed by atoms with E-state index in [9.17, 15) is 10.1 Å². The smallest absolute Gasteiger partial charge is 0.230 e. The number of benzene rings is 1. The van der Waals surface area contributed by atoms with Crippen molar-refractivity contribution >= 4 is 11.7 Å². The first-order valence-corrected chi connectivity index (χ1v) is 8.80. The lowest BCUT2D eigenvalue weighted by Gasteiger charge is -2.10. The number of rotatable bonds is 7. The number of nitrogens with zero attached hydrogens (tertiary/aromatic N) is 5. The largest absolute Gasteiger partial charge is 0.491 e. The molecule has 0 spiro atoms. The van der Waals surface area contributed by atoms with E-state index in [0.29, 0.717) is 55.5 Å². The fourth-order valence-corrected chi connectivity index (χ4v) is 2.96. The lowest BCUT2D eigenvalue weighted by molar-refractivity contribution is -0.119. The average Bonchev–Trinajstić information content (AvgIpc) is 3.37. The molecule has 1 amide bonds. The summed E-state index contributed by atoms with van der Waals surface area (Å²) in [6, 6.07) is 7.27. The van der Waals surface area contributed by atoms with Gasteiger partial charge in [0.1, 0.15) is 24.8 Å². The number of nitrogens with one attached hydrogen (secondary N) is 1. The van der Waals surface area contributed by atoms with E-state index in [1.54, 1.807) is 41.0 Å². The van der Waals surface area contributed by atoms with E-state index in [0.717, 1.165) is 0 Å². The van der Waals surface area contributed by atoms with Crippen LogP contribution in [0.2, 0.25) is 0 Å². The summed E-state index contributed by atoms with van der Waals surface area (Å²) in [4.78, 5) is 18.1. The molecule has 1 unspecified atom stereocenters. The molecule has 1 N–H and O–H groups in total. The maximum atomic E-state index is 12.4. The summed E-state index contributed by atoms with van der Waals surface area (Å²) in [6.07, 6.45) is 5.87. The van der Waals surface area contributed by atoms with E-state index in [1.165, 1.54) is 6.33 Å². The maximum Gasteiger partial charge on any atom is 0.230 e. The Hall–Kier alpha value is -3.56. The van der Waals surface area contributed by atoms with Crippen molar-refractivity contribution in [3.8, 4) is 23.7 Å². The molecule has 28 heavy (non-hydrogen) atoms. The molecule has 1 saturated heterocycles. The Bertz CT molecular complexity index is 926. The Kier molecular flexibility index (Phi) is 6.10. The lowest BCUT2D eigenvalue weighted by Crippen LogP contribution is -2.25. The lowest BCUT2D eigenvalue weighted by atomic mass is 10.1. The first-order chi connectivity index (χ1) is 13.6. The molecule has 1 aromatic heterocycles. The molecule has 1 aromatic carbocycles. The van der Waals surface area contributed by atoms with Crippen LogP contribution < -0.4 is 10.1 Å². The zero-order valence-electron chi connectivity index (χ0n) is 15.5. The first kappa shape index (κ1) is 19.2. The van der Waals surface area contributed by atoms with Gasteiger partial charge in [0.25, 0.3) is 0 Å². The first-order valence-electron chi connectivity index (χ1n) is 8.80. The van der Waals surface area contributed by atoms with E-state index in [4.69, 9.17) is 14.7 Å². The molecule has 1 atom stereocenters. The predicted molar refractivity (Wildman–Crippen MR) is 99.6 cm³/mol. The van der Waals surface area contributed by atoms with Crippen LogP contribution in [-0.4, -0.2) is 53.8 Å². The van der Waals surface area contributed by atoms with Gasteiger partial charge in [0, 0.05) is 26.3 Å². The summed E-state index contributed by atoms with van der Waals surface area (Å²) in [6.45, 7) is 1.86. The summed E-state index contributed by atoms with van der Waals surface area (Å²) in [5, 5.41) is 21.1. The number of anilines is 1. The highest BCUT2D eigenvalue weighted by Crippen LogP contribution is 2.23. The third-order valence-electron chi connectivity index (χ3n) is 4.46. The molecule has 9 nitrogen and oxygen atoms in total. The number of aromatic nitrogens is 2. The van der Waals surface area contributed by atoms with Crippen LogP contribution in [0.4, 0.5) is 5.82 Å². The summed E-state index contributed by atoms with van der Waals surface area (Å²) < 4.78 is 12.2. The SMILES string of the molecule is COCCOc1ccc(C#N)c(-n2cnc(NC(=O)C3CCN(C#N)C3)c2)c1. The van der Waals surface area contributed by atoms with Crippen molar-refractivity contribution in [3.05, 3.63) is 36.3 Å². The van der Waals surface area contributed by atoms with Gasteiger partial charge in [0.2, 0.25) is 5.91 Å². The van der Waals surface area contributed by atoms with Crippen LogP contribution in [0.15, 0.2) is 30.7 Å². The standard InChI is InChI=1S/C19H20N6O3/c1-27-6-7-28-16-3-2-14(9-20)17(8-16)25-11-18(22-13-25)23-19(26)15-4-5-24(10-15)12-21/h2-3,8,11,13,15H,4-7,10H2,1H3,(H,23,26). The minimum atomic E-state index is -0.239. The third-order valence-corrected chi connectivity index (χ3v) is 4.46. The van der Waals surface area contributed by atoms with Gasteiger partial charge in [-0.1, -0.05) is 0 Å². The van der Waals surface area contributed by atoms with Crippen molar-refractivity contribution in [1.82, 2.24) is 14.5 Å². The molecule has 0 bridgehead atoms. The predicted octanol–water partition coefficient (Wildman–Crippen LogP) is 1.51. The number of carbonyl (C=O) groups is 1. The van der Waals surface area contributed by atoms with Crippen LogP contribution in [0.5, 0.6) is 5.75 Å². The summed E-state index contributed by atoms with van der Waals surface area (Å²) in [5.41, 5.74) is 1.05. The number of hydrogen-bond acceptors (Lipinski definition) is 7. The fraction of sp³-hybridized carbons (Fsp3) is 0.368. The number of amides is 1. The molecular weight excluding hydrogens is 360 g/mol. The van der Waals surface area contributed by atoms with Crippen molar-refractivity contribution in [2.45, 2.75) is 6.42 Å². The van der Waals surface area contributed by atoms with E-state index in [2.05, 4.69) is 22.6 Å². The number of hydrogen-bond donors (Lipinski definition) is 1. The molecule has 0 aliphatic carbocycles. The third kappa shape index (κ3) is 4.40. The van der Waals surface area contributed by atoms with Gasteiger partial charge < -0.3 is 24.3 Å². The van der Waals surface area contributed by atoms with Crippen molar-refractivity contribution < 1.29 is 14.3 Å². The number of imidazole rings is 1. The van der Waals surface area contributed by atoms with Gasteiger partial charge in [0.05, 0.1) is 30.0 Å². The average molecular weight is 380 g/mol. The Labute approximate surface area is 162 Å². The molecule has 2 heterocycles. The van der Waals surface area contributed by atoms with Gasteiger partial charge in [-0.2, -0.15) is 10.5 Å².